The molecule has 4 aromatic rings. The topological polar surface area (TPSA) is 43.1 Å². The van der Waals surface area contributed by atoms with Gasteiger partial charge in [0, 0.05) is 10.5 Å². The number of hydrogen-bond donors (Lipinski definition) is 0. The molecule has 0 saturated carbocycles. The number of thiazole rings is 1. The van der Waals surface area contributed by atoms with Gasteiger partial charge in [-0.2, -0.15) is 0 Å². The largest absolute Gasteiger partial charge is 0.453 e. The van der Waals surface area contributed by atoms with E-state index < -0.39 is 0 Å². The van der Waals surface area contributed by atoms with Crippen LogP contribution in [0.1, 0.15) is 10.6 Å². The van der Waals surface area contributed by atoms with Crippen molar-refractivity contribution in [3.05, 3.63) is 66.4 Å². The van der Waals surface area contributed by atoms with Crippen LogP contribution in [0.4, 0.5) is 0 Å². The summed E-state index contributed by atoms with van der Waals surface area (Å²) in [5, 5.41) is 0. The molecule has 5 heteroatoms. The van der Waals surface area contributed by atoms with Gasteiger partial charge in [-0.05, 0) is 30.3 Å². The summed E-state index contributed by atoms with van der Waals surface area (Å²) in [6.45, 7) is 0. The van der Waals surface area contributed by atoms with Gasteiger partial charge in [0.15, 0.2) is 16.4 Å². The normalized spacial score (nSPS) is 11.0. The van der Waals surface area contributed by atoms with E-state index in [1.165, 1.54) is 4.70 Å². The van der Waals surface area contributed by atoms with E-state index in [0.29, 0.717) is 17.8 Å². The van der Waals surface area contributed by atoms with Gasteiger partial charge in [-0.15, -0.1) is 11.3 Å². The third kappa shape index (κ3) is 2.81. The number of rotatable bonds is 4. The van der Waals surface area contributed by atoms with Crippen molar-refractivity contribution in [3.63, 3.8) is 0 Å². The summed E-state index contributed by atoms with van der Waals surface area (Å²) in [5.74, 6) is 1.02. The van der Waals surface area contributed by atoms with Gasteiger partial charge in [-0.25, -0.2) is 4.98 Å². The van der Waals surface area contributed by atoms with E-state index in [-0.39, 0.29) is 0 Å². The van der Waals surface area contributed by atoms with Gasteiger partial charge in [-0.1, -0.05) is 42.1 Å². The molecule has 112 valence electrons. The molecule has 0 spiro atoms. The first-order chi connectivity index (χ1) is 11.3. The summed E-state index contributed by atoms with van der Waals surface area (Å²) in [4.78, 5) is 16.5. The highest BCUT2D eigenvalue weighted by atomic mass is 32.2. The Morgan fingerprint density at radius 1 is 1.00 bits per heavy atom. The number of carbonyl (C=O) groups is 1. The van der Waals surface area contributed by atoms with Gasteiger partial charge >= 0.3 is 0 Å². The van der Waals surface area contributed by atoms with Gasteiger partial charge in [0.05, 0.1) is 10.2 Å². The molecule has 0 fully saturated rings. The van der Waals surface area contributed by atoms with Crippen molar-refractivity contribution < 1.29 is 9.21 Å². The zero-order chi connectivity index (χ0) is 15.6. The Kier molecular flexibility index (Phi) is 3.73. The van der Waals surface area contributed by atoms with Crippen LogP contribution in [-0.2, 0) is 0 Å². The van der Waals surface area contributed by atoms with Crippen molar-refractivity contribution in [3.8, 4) is 11.3 Å². The Morgan fingerprint density at radius 3 is 2.65 bits per heavy atom. The third-order valence-electron chi connectivity index (χ3n) is 3.37. The van der Waals surface area contributed by atoms with Crippen LogP contribution >= 0.6 is 23.1 Å². The van der Waals surface area contributed by atoms with E-state index in [0.717, 1.165) is 20.3 Å². The highest BCUT2D eigenvalue weighted by Crippen LogP contribution is 2.39. The van der Waals surface area contributed by atoms with E-state index in [2.05, 4.69) is 11.1 Å². The van der Waals surface area contributed by atoms with Crippen LogP contribution < -0.4 is 0 Å². The van der Waals surface area contributed by atoms with Crippen molar-refractivity contribution in [2.45, 2.75) is 9.24 Å². The van der Waals surface area contributed by atoms with Crippen LogP contribution in [0.2, 0.25) is 0 Å². The number of nitrogens with zero attached hydrogens (tertiary/aromatic N) is 1. The average molecular weight is 337 g/mol. The second-order valence-electron chi connectivity index (χ2n) is 4.87. The minimum atomic E-state index is 0.333. The molecule has 0 bridgehead atoms. The zero-order valence-electron chi connectivity index (χ0n) is 11.9. The number of hydrogen-bond acceptors (Lipinski definition) is 5. The lowest BCUT2D eigenvalue weighted by molar-refractivity contribution is 0.110. The molecule has 2 aromatic carbocycles. The molecule has 0 saturated heterocycles. The summed E-state index contributed by atoms with van der Waals surface area (Å²) in [6.07, 6.45) is 0.715. The van der Waals surface area contributed by atoms with Crippen molar-refractivity contribution in [2.24, 2.45) is 0 Å². The van der Waals surface area contributed by atoms with Crippen molar-refractivity contribution >= 4 is 39.6 Å². The van der Waals surface area contributed by atoms with E-state index in [1.807, 2.05) is 48.5 Å². The predicted molar refractivity (Wildman–Crippen MR) is 93.3 cm³/mol. The molecule has 23 heavy (non-hydrogen) atoms. The summed E-state index contributed by atoms with van der Waals surface area (Å²) >= 11 is 3.28. The smallest absolute Gasteiger partial charge is 0.185 e. The lowest BCUT2D eigenvalue weighted by atomic mass is 10.2. The van der Waals surface area contributed by atoms with Gasteiger partial charge in [0.2, 0.25) is 0 Å². The first-order valence-corrected chi connectivity index (χ1v) is 8.64. The van der Waals surface area contributed by atoms with Crippen LogP contribution in [0.3, 0.4) is 0 Å². The maximum atomic E-state index is 10.8. The molecule has 0 aliphatic heterocycles. The predicted octanol–water partition coefficient (Wildman–Crippen LogP) is 5.52. The molecule has 0 aliphatic carbocycles. The molecule has 0 N–H and O–H groups in total. The lowest BCUT2D eigenvalue weighted by Crippen LogP contribution is -1.80. The number of aldehydes is 1. The Morgan fingerprint density at radius 2 is 1.83 bits per heavy atom. The molecule has 0 atom stereocenters. The number of para-hydroxylation sites is 1. The SMILES string of the molecule is O=Cc1ccc(-c2ccccc2Sc2nc3ccccc3s2)o1. The second-order valence-corrected chi connectivity index (χ2v) is 7.19. The fourth-order valence-electron chi connectivity index (χ4n) is 2.31. The Hall–Kier alpha value is -2.37. The average Bonchev–Trinajstić information content (AvgIpc) is 3.21. The highest BCUT2D eigenvalue weighted by Gasteiger charge is 2.12. The molecule has 3 nitrogen and oxygen atoms in total. The quantitative estimate of drug-likeness (QED) is 0.460. The standard InChI is InChI=1S/C18H11NO2S2/c20-11-12-9-10-15(21-12)13-5-1-3-7-16(13)22-18-19-14-6-2-4-8-17(14)23-18/h1-11H. The van der Waals surface area contributed by atoms with Gasteiger partial charge < -0.3 is 4.42 Å². The minimum absolute atomic E-state index is 0.333. The number of furan rings is 1. The molecular weight excluding hydrogens is 326 g/mol. The van der Waals surface area contributed by atoms with Crippen LogP contribution in [0.25, 0.3) is 21.5 Å². The summed E-state index contributed by atoms with van der Waals surface area (Å²) in [7, 11) is 0. The molecule has 0 amide bonds. The minimum Gasteiger partial charge on any atom is -0.453 e. The molecule has 2 heterocycles. The van der Waals surface area contributed by atoms with Gasteiger partial charge in [-0.3, -0.25) is 4.79 Å². The van der Waals surface area contributed by atoms with E-state index in [9.17, 15) is 4.79 Å². The maximum absolute atomic E-state index is 10.8. The number of fused-ring (bicyclic) bond motifs is 1. The highest BCUT2D eigenvalue weighted by molar-refractivity contribution is 8.01. The fraction of sp³-hybridized carbons (Fsp3) is 0. The second kappa shape index (κ2) is 6.02. The van der Waals surface area contributed by atoms with Crippen LogP contribution in [0.5, 0.6) is 0 Å². The van der Waals surface area contributed by atoms with E-state index in [4.69, 9.17) is 4.42 Å². The van der Waals surface area contributed by atoms with Crippen LogP contribution in [0.15, 0.2) is 74.3 Å². The third-order valence-corrected chi connectivity index (χ3v) is 5.54. The van der Waals surface area contributed by atoms with Crippen molar-refractivity contribution in [2.75, 3.05) is 0 Å². The lowest BCUT2D eigenvalue weighted by Gasteiger charge is -2.04. The van der Waals surface area contributed by atoms with Gasteiger partial charge in [0.25, 0.3) is 0 Å². The Labute approximate surface area is 141 Å². The van der Waals surface area contributed by atoms with Crippen LogP contribution in [0, 0.1) is 0 Å². The summed E-state index contributed by atoms with van der Waals surface area (Å²) in [6, 6.07) is 19.6. The van der Waals surface area contributed by atoms with E-state index >= 15 is 0 Å². The molecular formula is C18H11NO2S2. The Bertz CT molecular complexity index is 954. The maximum Gasteiger partial charge on any atom is 0.185 e. The van der Waals surface area contributed by atoms with Crippen molar-refractivity contribution in [1.29, 1.82) is 0 Å². The number of benzene rings is 2. The molecule has 0 aliphatic rings. The number of carbonyl (C=O) groups excluding carboxylic acids is 1. The Balaban J connectivity index is 1.72. The summed E-state index contributed by atoms with van der Waals surface area (Å²) < 4.78 is 7.72. The number of aromatic nitrogens is 1. The zero-order valence-corrected chi connectivity index (χ0v) is 13.6. The first-order valence-electron chi connectivity index (χ1n) is 7.01. The van der Waals surface area contributed by atoms with Crippen molar-refractivity contribution in [1.82, 2.24) is 4.98 Å². The van der Waals surface area contributed by atoms with Gasteiger partial charge in [0.1, 0.15) is 5.76 Å². The molecule has 2 aromatic heterocycles. The molecule has 4 rings (SSSR count). The van der Waals surface area contributed by atoms with Crippen LogP contribution in [-0.4, -0.2) is 11.3 Å². The van der Waals surface area contributed by atoms with E-state index in [1.54, 1.807) is 29.2 Å². The first kappa shape index (κ1) is 14.2. The fourth-order valence-corrected chi connectivity index (χ4v) is 4.47. The molecule has 0 radical (unpaired) electrons. The monoisotopic (exact) mass is 337 g/mol. The summed E-state index contributed by atoms with van der Waals surface area (Å²) in [5.41, 5.74) is 1.98. The molecule has 0 unspecified atom stereocenters.